The van der Waals surface area contributed by atoms with Crippen molar-refractivity contribution in [2.45, 2.75) is 30.6 Å². The minimum Gasteiger partial charge on any atom is -0.330 e. The van der Waals surface area contributed by atoms with Crippen LogP contribution >= 0.6 is 0 Å². The van der Waals surface area contributed by atoms with Crippen molar-refractivity contribution in [3.63, 3.8) is 0 Å². The molecule has 1 aliphatic rings. The SMILES string of the molecule is NCC1CCC(CNS(=O)c2ccc3ccccc3c2)CC1. The van der Waals surface area contributed by atoms with Crippen LogP contribution in [0.25, 0.3) is 10.8 Å². The first-order chi connectivity index (χ1) is 10.8. The molecule has 0 aromatic heterocycles. The highest BCUT2D eigenvalue weighted by atomic mass is 32.2. The molecule has 2 aromatic carbocycles. The van der Waals surface area contributed by atoms with Crippen molar-refractivity contribution in [1.82, 2.24) is 4.72 Å². The third-order valence-corrected chi connectivity index (χ3v) is 5.85. The summed E-state index contributed by atoms with van der Waals surface area (Å²) < 4.78 is 15.6. The number of hydrogen-bond acceptors (Lipinski definition) is 2. The number of nitrogens with two attached hydrogens (primary N) is 1. The van der Waals surface area contributed by atoms with Gasteiger partial charge in [-0.15, -0.1) is 0 Å². The van der Waals surface area contributed by atoms with E-state index in [2.05, 4.69) is 16.9 Å². The average Bonchev–Trinajstić information content (AvgIpc) is 2.59. The molecule has 0 saturated heterocycles. The van der Waals surface area contributed by atoms with Crippen LogP contribution in [0.2, 0.25) is 0 Å². The maximum absolute atomic E-state index is 12.4. The summed E-state index contributed by atoms with van der Waals surface area (Å²) in [6, 6.07) is 14.2. The van der Waals surface area contributed by atoms with Crippen LogP contribution in [-0.4, -0.2) is 17.3 Å². The Labute approximate surface area is 134 Å². The standard InChI is InChI=1S/C18H24N2OS/c19-12-14-5-7-15(8-6-14)13-20-22(21)18-10-9-16-3-1-2-4-17(16)11-18/h1-4,9-11,14-15,20H,5-8,12-13,19H2. The van der Waals surface area contributed by atoms with Crippen LogP contribution in [0, 0.1) is 11.8 Å². The summed E-state index contributed by atoms with van der Waals surface area (Å²) in [6.45, 7) is 1.64. The minimum atomic E-state index is -1.13. The van der Waals surface area contributed by atoms with Gasteiger partial charge in [0.1, 0.15) is 11.0 Å². The van der Waals surface area contributed by atoms with Gasteiger partial charge in [-0.05, 0) is 67.0 Å². The van der Waals surface area contributed by atoms with Gasteiger partial charge in [0, 0.05) is 6.54 Å². The summed E-state index contributed by atoms with van der Waals surface area (Å²) in [7, 11) is -1.13. The van der Waals surface area contributed by atoms with Crippen LogP contribution in [0.5, 0.6) is 0 Å². The highest BCUT2D eigenvalue weighted by molar-refractivity contribution is 7.83. The molecule has 3 rings (SSSR count). The molecule has 1 saturated carbocycles. The molecule has 4 heteroatoms. The molecule has 0 heterocycles. The van der Waals surface area contributed by atoms with E-state index in [1.807, 2.05) is 30.3 Å². The maximum atomic E-state index is 12.4. The lowest BCUT2D eigenvalue weighted by Crippen LogP contribution is -2.29. The lowest BCUT2D eigenvalue weighted by atomic mass is 9.82. The van der Waals surface area contributed by atoms with Crippen molar-refractivity contribution in [3.05, 3.63) is 42.5 Å². The molecule has 3 N–H and O–H groups in total. The lowest BCUT2D eigenvalue weighted by molar-refractivity contribution is 0.281. The van der Waals surface area contributed by atoms with Crippen molar-refractivity contribution >= 4 is 21.8 Å². The van der Waals surface area contributed by atoms with Crippen molar-refractivity contribution < 1.29 is 4.21 Å². The molecule has 0 aliphatic heterocycles. The number of hydrogen-bond donors (Lipinski definition) is 2. The summed E-state index contributed by atoms with van der Waals surface area (Å²) in [5.41, 5.74) is 5.73. The molecule has 3 nitrogen and oxygen atoms in total. The molecule has 1 atom stereocenters. The highest BCUT2D eigenvalue weighted by Gasteiger charge is 2.20. The van der Waals surface area contributed by atoms with Crippen LogP contribution in [0.3, 0.4) is 0 Å². The monoisotopic (exact) mass is 316 g/mol. The summed E-state index contributed by atoms with van der Waals surface area (Å²) in [5, 5.41) is 2.32. The molecule has 0 amide bonds. The molecular weight excluding hydrogens is 292 g/mol. The third kappa shape index (κ3) is 3.75. The Morgan fingerprint density at radius 1 is 1.00 bits per heavy atom. The Bertz CT molecular complexity index is 650. The van der Waals surface area contributed by atoms with Gasteiger partial charge < -0.3 is 5.73 Å². The van der Waals surface area contributed by atoms with E-state index in [4.69, 9.17) is 5.73 Å². The van der Waals surface area contributed by atoms with Gasteiger partial charge in [0.05, 0.1) is 4.90 Å². The molecule has 1 fully saturated rings. The number of benzene rings is 2. The van der Waals surface area contributed by atoms with E-state index in [-0.39, 0.29) is 0 Å². The van der Waals surface area contributed by atoms with Gasteiger partial charge in [-0.25, -0.2) is 8.93 Å². The van der Waals surface area contributed by atoms with E-state index < -0.39 is 11.0 Å². The molecule has 2 aromatic rings. The second kappa shape index (κ2) is 7.36. The maximum Gasteiger partial charge on any atom is 0.124 e. The van der Waals surface area contributed by atoms with E-state index in [9.17, 15) is 4.21 Å². The van der Waals surface area contributed by atoms with Crippen molar-refractivity contribution in [1.29, 1.82) is 0 Å². The van der Waals surface area contributed by atoms with E-state index in [1.54, 1.807) is 0 Å². The average molecular weight is 316 g/mol. The normalized spacial score (nSPS) is 23.5. The molecule has 0 spiro atoms. The quantitative estimate of drug-likeness (QED) is 0.890. The van der Waals surface area contributed by atoms with Gasteiger partial charge in [0.15, 0.2) is 0 Å². The van der Waals surface area contributed by atoms with Crippen LogP contribution in [0.1, 0.15) is 25.7 Å². The van der Waals surface area contributed by atoms with Crippen molar-refractivity contribution in [2.24, 2.45) is 17.6 Å². The summed E-state index contributed by atoms with van der Waals surface area (Å²) in [6.07, 6.45) is 4.82. The highest BCUT2D eigenvalue weighted by Crippen LogP contribution is 2.27. The molecule has 22 heavy (non-hydrogen) atoms. The van der Waals surface area contributed by atoms with E-state index in [0.717, 1.165) is 23.4 Å². The van der Waals surface area contributed by atoms with Gasteiger partial charge in [0.2, 0.25) is 0 Å². The third-order valence-electron chi connectivity index (χ3n) is 4.74. The second-order valence-corrected chi connectivity index (χ2v) is 7.55. The fourth-order valence-electron chi connectivity index (χ4n) is 3.23. The van der Waals surface area contributed by atoms with E-state index >= 15 is 0 Å². The first-order valence-electron chi connectivity index (χ1n) is 8.10. The number of fused-ring (bicyclic) bond motifs is 1. The Hall–Kier alpha value is -1.23. The fourth-order valence-corrected chi connectivity index (χ4v) is 4.21. The van der Waals surface area contributed by atoms with Crippen LogP contribution in [0.15, 0.2) is 47.4 Å². The summed E-state index contributed by atoms with van der Waals surface area (Å²) in [4.78, 5) is 0.856. The predicted molar refractivity (Wildman–Crippen MR) is 92.9 cm³/mol. The largest absolute Gasteiger partial charge is 0.330 e. The molecular formula is C18H24N2OS. The first-order valence-corrected chi connectivity index (χ1v) is 9.25. The Balaban J connectivity index is 1.57. The van der Waals surface area contributed by atoms with Gasteiger partial charge >= 0.3 is 0 Å². The smallest absolute Gasteiger partial charge is 0.124 e. The summed E-state index contributed by atoms with van der Waals surface area (Å²) >= 11 is 0. The van der Waals surface area contributed by atoms with Crippen LogP contribution in [-0.2, 0) is 11.0 Å². The zero-order chi connectivity index (χ0) is 15.4. The van der Waals surface area contributed by atoms with Crippen LogP contribution in [0.4, 0.5) is 0 Å². The van der Waals surface area contributed by atoms with Gasteiger partial charge in [0.25, 0.3) is 0 Å². The van der Waals surface area contributed by atoms with Crippen LogP contribution < -0.4 is 10.5 Å². The topological polar surface area (TPSA) is 55.1 Å². The van der Waals surface area contributed by atoms with Gasteiger partial charge in [-0.1, -0.05) is 30.3 Å². The molecule has 1 unspecified atom stereocenters. The molecule has 118 valence electrons. The Morgan fingerprint density at radius 3 is 2.41 bits per heavy atom. The molecule has 0 radical (unpaired) electrons. The summed E-state index contributed by atoms with van der Waals surface area (Å²) in [5.74, 6) is 1.33. The zero-order valence-corrected chi connectivity index (χ0v) is 13.6. The number of nitrogens with one attached hydrogen (secondary N) is 1. The minimum absolute atomic E-state index is 0.632. The number of rotatable bonds is 5. The lowest BCUT2D eigenvalue weighted by Gasteiger charge is -2.27. The van der Waals surface area contributed by atoms with E-state index in [1.165, 1.54) is 31.1 Å². The zero-order valence-electron chi connectivity index (χ0n) is 12.8. The van der Waals surface area contributed by atoms with Crippen molar-refractivity contribution in [3.8, 4) is 0 Å². The Kier molecular flexibility index (Phi) is 5.24. The second-order valence-electron chi connectivity index (χ2n) is 6.25. The van der Waals surface area contributed by atoms with Gasteiger partial charge in [-0.2, -0.15) is 0 Å². The first kappa shape index (κ1) is 15.7. The van der Waals surface area contributed by atoms with Crippen molar-refractivity contribution in [2.75, 3.05) is 13.1 Å². The molecule has 1 aliphatic carbocycles. The Morgan fingerprint density at radius 2 is 1.68 bits per heavy atom. The fraction of sp³-hybridized carbons (Fsp3) is 0.444. The van der Waals surface area contributed by atoms with Gasteiger partial charge in [-0.3, -0.25) is 0 Å². The molecule has 0 bridgehead atoms. The van der Waals surface area contributed by atoms with E-state index in [0.29, 0.717) is 11.8 Å². The predicted octanol–water partition coefficient (Wildman–Crippen LogP) is 3.22.